The van der Waals surface area contributed by atoms with E-state index in [1.165, 1.54) is 29.8 Å². The Balaban J connectivity index is 1.63. The predicted octanol–water partition coefficient (Wildman–Crippen LogP) is 3.45. The quantitative estimate of drug-likeness (QED) is 0.392. The van der Waals surface area contributed by atoms with Gasteiger partial charge in [0.2, 0.25) is 10.0 Å². The SMILES string of the molecule is COc1ccc([C@@H](CNS(=O)(=O)c2ccc3oc(=O)n(C)c3c2)Cc2ccccc2)cc1OC. The van der Waals surface area contributed by atoms with Crippen LogP contribution in [0.2, 0.25) is 0 Å². The van der Waals surface area contributed by atoms with Gasteiger partial charge in [0.1, 0.15) is 0 Å². The lowest BCUT2D eigenvalue weighted by Gasteiger charge is -2.20. The molecule has 0 fully saturated rings. The average molecular weight is 483 g/mol. The minimum absolute atomic E-state index is 0.0576. The van der Waals surface area contributed by atoms with Gasteiger partial charge in [0.15, 0.2) is 17.1 Å². The summed E-state index contributed by atoms with van der Waals surface area (Å²) in [6, 6.07) is 19.8. The molecule has 4 rings (SSSR count). The van der Waals surface area contributed by atoms with Crippen molar-refractivity contribution in [2.24, 2.45) is 7.05 Å². The second-order valence-corrected chi connectivity index (χ2v) is 9.68. The lowest BCUT2D eigenvalue weighted by Crippen LogP contribution is -2.29. The number of methoxy groups -OCH3 is 2. The summed E-state index contributed by atoms with van der Waals surface area (Å²) in [5.74, 6) is 0.462. The maximum Gasteiger partial charge on any atom is 0.419 e. The van der Waals surface area contributed by atoms with Crippen LogP contribution in [0.3, 0.4) is 0 Å². The van der Waals surface area contributed by atoms with Gasteiger partial charge in [0.05, 0.1) is 24.6 Å². The minimum Gasteiger partial charge on any atom is -0.493 e. The van der Waals surface area contributed by atoms with Gasteiger partial charge in [0, 0.05) is 19.5 Å². The summed E-state index contributed by atoms with van der Waals surface area (Å²) in [5.41, 5.74) is 2.74. The van der Waals surface area contributed by atoms with Crippen LogP contribution in [0.25, 0.3) is 11.1 Å². The number of nitrogens with one attached hydrogen (secondary N) is 1. The number of nitrogens with zero attached hydrogens (tertiary/aromatic N) is 1. The topological polar surface area (TPSA) is 99.8 Å². The zero-order chi connectivity index (χ0) is 24.3. The van der Waals surface area contributed by atoms with E-state index in [4.69, 9.17) is 13.9 Å². The molecule has 0 saturated heterocycles. The van der Waals surface area contributed by atoms with E-state index in [1.54, 1.807) is 14.2 Å². The number of fused-ring (bicyclic) bond motifs is 1. The van der Waals surface area contributed by atoms with Crippen LogP contribution in [0.4, 0.5) is 0 Å². The number of hydrogen-bond donors (Lipinski definition) is 1. The van der Waals surface area contributed by atoms with E-state index >= 15 is 0 Å². The molecule has 9 heteroatoms. The Hall–Kier alpha value is -3.56. The number of rotatable bonds is 9. The summed E-state index contributed by atoms with van der Waals surface area (Å²) < 4.78 is 46.2. The highest BCUT2D eigenvalue weighted by Crippen LogP contribution is 2.32. The Labute approximate surface area is 197 Å². The first-order valence-electron chi connectivity index (χ1n) is 10.7. The largest absolute Gasteiger partial charge is 0.493 e. The minimum atomic E-state index is -3.85. The van der Waals surface area contributed by atoms with Crippen LogP contribution in [0.15, 0.2) is 80.8 Å². The second-order valence-electron chi connectivity index (χ2n) is 7.91. The van der Waals surface area contributed by atoms with E-state index in [0.29, 0.717) is 29.0 Å². The number of benzene rings is 3. The highest BCUT2D eigenvalue weighted by Gasteiger charge is 2.21. The average Bonchev–Trinajstić information content (AvgIpc) is 3.14. The number of oxazole rings is 1. The highest BCUT2D eigenvalue weighted by atomic mass is 32.2. The fourth-order valence-corrected chi connectivity index (χ4v) is 4.98. The van der Waals surface area contributed by atoms with Crippen molar-refractivity contribution in [2.75, 3.05) is 20.8 Å². The molecule has 3 aromatic carbocycles. The van der Waals surface area contributed by atoms with Crippen molar-refractivity contribution >= 4 is 21.1 Å². The Morgan fingerprint density at radius 3 is 2.41 bits per heavy atom. The molecule has 178 valence electrons. The van der Waals surface area contributed by atoms with Gasteiger partial charge in [-0.1, -0.05) is 36.4 Å². The summed E-state index contributed by atoms with van der Waals surface area (Å²) >= 11 is 0. The molecule has 0 unspecified atom stereocenters. The molecule has 0 saturated carbocycles. The lowest BCUT2D eigenvalue weighted by molar-refractivity contribution is 0.354. The molecular weight excluding hydrogens is 456 g/mol. The summed E-state index contributed by atoms with van der Waals surface area (Å²) in [6.45, 7) is 0.162. The number of aryl methyl sites for hydroxylation is 1. The van der Waals surface area contributed by atoms with Gasteiger partial charge in [-0.05, 0) is 47.9 Å². The zero-order valence-corrected chi connectivity index (χ0v) is 20.0. The number of hydrogen-bond acceptors (Lipinski definition) is 6. The first-order valence-corrected chi connectivity index (χ1v) is 12.2. The molecule has 0 aliphatic rings. The van der Waals surface area contributed by atoms with Crippen molar-refractivity contribution in [1.82, 2.24) is 9.29 Å². The molecule has 1 atom stereocenters. The molecule has 0 radical (unpaired) electrons. The number of aromatic nitrogens is 1. The van der Waals surface area contributed by atoms with Crippen LogP contribution in [-0.2, 0) is 23.5 Å². The Morgan fingerprint density at radius 1 is 0.971 bits per heavy atom. The van der Waals surface area contributed by atoms with Crippen LogP contribution in [0, 0.1) is 0 Å². The third kappa shape index (κ3) is 4.85. The maximum absolute atomic E-state index is 13.1. The molecule has 0 spiro atoms. The summed E-state index contributed by atoms with van der Waals surface area (Å²) in [4.78, 5) is 11.8. The first-order chi connectivity index (χ1) is 16.3. The molecule has 0 aliphatic carbocycles. The Bertz CT molecular complexity index is 1460. The molecule has 0 bridgehead atoms. The van der Waals surface area contributed by atoms with Gasteiger partial charge >= 0.3 is 5.76 Å². The highest BCUT2D eigenvalue weighted by molar-refractivity contribution is 7.89. The zero-order valence-electron chi connectivity index (χ0n) is 19.1. The van der Waals surface area contributed by atoms with Gasteiger partial charge in [-0.2, -0.15) is 0 Å². The fourth-order valence-electron chi connectivity index (χ4n) is 3.88. The van der Waals surface area contributed by atoms with Gasteiger partial charge < -0.3 is 13.9 Å². The van der Waals surface area contributed by atoms with Crippen molar-refractivity contribution in [2.45, 2.75) is 17.2 Å². The van der Waals surface area contributed by atoms with Gasteiger partial charge in [-0.15, -0.1) is 0 Å². The first kappa shape index (κ1) is 23.6. The normalized spacial score (nSPS) is 12.6. The third-order valence-electron chi connectivity index (χ3n) is 5.80. The Morgan fingerprint density at radius 2 is 1.71 bits per heavy atom. The lowest BCUT2D eigenvalue weighted by atomic mass is 9.92. The predicted molar refractivity (Wildman–Crippen MR) is 129 cm³/mol. The van der Waals surface area contributed by atoms with Crippen LogP contribution < -0.4 is 20.0 Å². The van der Waals surface area contributed by atoms with E-state index in [1.807, 2.05) is 48.5 Å². The Kier molecular flexibility index (Phi) is 6.76. The summed E-state index contributed by atoms with van der Waals surface area (Å²) in [7, 11) is 0.821. The van der Waals surface area contributed by atoms with Gasteiger partial charge in [0.25, 0.3) is 0 Å². The van der Waals surface area contributed by atoms with E-state index < -0.39 is 15.8 Å². The smallest absolute Gasteiger partial charge is 0.419 e. The molecular formula is C25H26N2O6S. The number of ether oxygens (including phenoxy) is 2. The molecule has 34 heavy (non-hydrogen) atoms. The van der Waals surface area contributed by atoms with Crippen LogP contribution in [0.1, 0.15) is 17.0 Å². The van der Waals surface area contributed by atoms with Crippen molar-refractivity contribution in [3.63, 3.8) is 0 Å². The maximum atomic E-state index is 13.1. The molecule has 0 aliphatic heterocycles. The van der Waals surface area contributed by atoms with E-state index in [2.05, 4.69) is 4.72 Å². The van der Waals surface area contributed by atoms with Crippen molar-refractivity contribution in [3.8, 4) is 11.5 Å². The van der Waals surface area contributed by atoms with Crippen molar-refractivity contribution in [3.05, 3.63) is 88.4 Å². The molecule has 4 aromatic rings. The van der Waals surface area contributed by atoms with Crippen molar-refractivity contribution in [1.29, 1.82) is 0 Å². The van der Waals surface area contributed by atoms with E-state index in [0.717, 1.165) is 11.1 Å². The standard InChI is InChI=1S/C25H26N2O6S/c1-27-21-15-20(10-12-22(21)33-25(27)28)34(29,30)26-16-19(13-17-7-5-4-6-8-17)18-9-11-23(31-2)24(14-18)32-3/h4-12,14-15,19,26H,13,16H2,1-3H3/t19-/m1/s1. The van der Waals surface area contributed by atoms with Gasteiger partial charge in [-0.3, -0.25) is 4.57 Å². The molecule has 1 N–H and O–H groups in total. The molecule has 1 aromatic heterocycles. The van der Waals surface area contributed by atoms with Gasteiger partial charge in [-0.25, -0.2) is 17.9 Å². The monoisotopic (exact) mass is 482 g/mol. The van der Waals surface area contributed by atoms with E-state index in [-0.39, 0.29) is 17.4 Å². The van der Waals surface area contributed by atoms with Crippen LogP contribution >= 0.6 is 0 Å². The third-order valence-corrected chi connectivity index (χ3v) is 7.22. The summed E-state index contributed by atoms with van der Waals surface area (Å²) in [6.07, 6.45) is 0.619. The van der Waals surface area contributed by atoms with Crippen molar-refractivity contribution < 1.29 is 22.3 Å². The second kappa shape index (κ2) is 9.74. The molecule has 1 heterocycles. The molecule has 0 amide bonds. The fraction of sp³-hybridized carbons (Fsp3) is 0.240. The van der Waals surface area contributed by atoms with Crippen LogP contribution in [0.5, 0.6) is 11.5 Å². The molecule has 8 nitrogen and oxygen atoms in total. The van der Waals surface area contributed by atoms with Crippen LogP contribution in [-0.4, -0.2) is 33.7 Å². The van der Waals surface area contributed by atoms with E-state index in [9.17, 15) is 13.2 Å². The number of sulfonamides is 1. The summed E-state index contributed by atoms with van der Waals surface area (Å²) in [5, 5.41) is 0.